The zero-order chi connectivity index (χ0) is 16.9. The van der Waals surface area contributed by atoms with Crippen LogP contribution in [-0.4, -0.2) is 29.9 Å². The van der Waals surface area contributed by atoms with Gasteiger partial charge in [0.25, 0.3) is 0 Å². The van der Waals surface area contributed by atoms with Gasteiger partial charge in [-0.3, -0.25) is 0 Å². The lowest BCUT2D eigenvalue weighted by molar-refractivity contribution is 0.0518. The molecule has 0 bridgehead atoms. The largest absolute Gasteiger partial charge is 0.494 e. The molecule has 2 aromatic rings. The van der Waals surface area contributed by atoms with Gasteiger partial charge in [0.05, 0.1) is 13.2 Å². The second-order valence-corrected chi connectivity index (χ2v) is 6.17. The molecule has 0 saturated carbocycles. The molecular weight excluding hydrogens is 309 g/mol. The summed E-state index contributed by atoms with van der Waals surface area (Å²) in [5.41, 5.74) is 0.888. The third kappa shape index (κ3) is 3.76. The minimum absolute atomic E-state index is 0.124. The molecule has 0 radical (unpaired) electrons. The van der Waals surface area contributed by atoms with Crippen molar-refractivity contribution >= 4 is 0 Å². The summed E-state index contributed by atoms with van der Waals surface area (Å²) in [4.78, 5) is 4.51. The Morgan fingerprint density at radius 3 is 2.83 bits per heavy atom. The highest BCUT2D eigenvalue weighted by atomic mass is 19.1. The zero-order valence-corrected chi connectivity index (χ0v) is 14.2. The maximum atomic E-state index is 13.9. The van der Waals surface area contributed by atoms with E-state index in [1.807, 2.05) is 30.1 Å². The summed E-state index contributed by atoms with van der Waals surface area (Å²) in [7, 11) is 3.47. The van der Waals surface area contributed by atoms with Crippen LogP contribution in [0.25, 0.3) is 0 Å². The molecule has 1 atom stereocenters. The second kappa shape index (κ2) is 7.77. The minimum Gasteiger partial charge on any atom is -0.494 e. The lowest BCUT2D eigenvalue weighted by Crippen LogP contribution is -2.33. The minimum atomic E-state index is -0.337. The van der Waals surface area contributed by atoms with E-state index in [4.69, 9.17) is 9.47 Å². The van der Waals surface area contributed by atoms with Gasteiger partial charge in [-0.15, -0.1) is 0 Å². The highest BCUT2D eigenvalue weighted by Crippen LogP contribution is 2.29. The summed E-state index contributed by atoms with van der Waals surface area (Å²) in [6.45, 7) is 2.14. The Morgan fingerprint density at radius 2 is 2.21 bits per heavy atom. The Kier molecular flexibility index (Phi) is 5.48. The average molecular weight is 333 g/mol. The molecule has 0 amide bonds. The van der Waals surface area contributed by atoms with E-state index in [1.165, 1.54) is 13.2 Å². The molecule has 130 valence electrons. The van der Waals surface area contributed by atoms with Gasteiger partial charge in [0.15, 0.2) is 11.6 Å². The van der Waals surface area contributed by atoms with Gasteiger partial charge in [0.1, 0.15) is 5.82 Å². The van der Waals surface area contributed by atoms with Crippen molar-refractivity contribution in [1.82, 2.24) is 14.9 Å². The first-order valence-electron chi connectivity index (χ1n) is 8.30. The van der Waals surface area contributed by atoms with Gasteiger partial charge in [0, 0.05) is 39.2 Å². The third-order valence-corrected chi connectivity index (χ3v) is 4.62. The van der Waals surface area contributed by atoms with Crippen LogP contribution in [0.2, 0.25) is 0 Å². The average Bonchev–Trinajstić information content (AvgIpc) is 3.02. The van der Waals surface area contributed by atoms with Gasteiger partial charge < -0.3 is 19.4 Å². The summed E-state index contributed by atoms with van der Waals surface area (Å²) in [5, 5.41) is 3.57. The fourth-order valence-electron chi connectivity index (χ4n) is 3.24. The Hall–Kier alpha value is -1.92. The van der Waals surface area contributed by atoms with Gasteiger partial charge in [-0.2, -0.15) is 0 Å². The lowest BCUT2D eigenvalue weighted by Gasteiger charge is -2.30. The Morgan fingerprint density at radius 1 is 1.42 bits per heavy atom. The van der Waals surface area contributed by atoms with Crippen molar-refractivity contribution in [2.75, 3.05) is 20.3 Å². The van der Waals surface area contributed by atoms with E-state index in [0.717, 1.165) is 37.4 Å². The smallest absolute Gasteiger partial charge is 0.165 e. The number of methoxy groups -OCH3 is 1. The number of benzene rings is 1. The van der Waals surface area contributed by atoms with Gasteiger partial charge in [-0.1, -0.05) is 6.07 Å². The van der Waals surface area contributed by atoms with Crippen molar-refractivity contribution in [1.29, 1.82) is 0 Å². The summed E-state index contributed by atoms with van der Waals surface area (Å²) < 4.78 is 26.4. The Bertz CT molecular complexity index is 668. The third-order valence-electron chi connectivity index (χ3n) is 4.62. The fraction of sp³-hybridized carbons (Fsp3) is 0.500. The SMILES string of the molecule is COc1ccc(CN[C@@H](c2nccn2C)C2CCOCC2)cc1F. The van der Waals surface area contributed by atoms with Gasteiger partial charge in [-0.05, 0) is 36.5 Å². The molecule has 1 aromatic heterocycles. The van der Waals surface area contributed by atoms with Crippen LogP contribution < -0.4 is 10.1 Å². The molecule has 1 saturated heterocycles. The lowest BCUT2D eigenvalue weighted by atomic mass is 9.91. The predicted molar refractivity (Wildman–Crippen MR) is 89.3 cm³/mol. The Labute approximate surface area is 141 Å². The van der Waals surface area contributed by atoms with Crippen LogP contribution in [0.5, 0.6) is 5.75 Å². The Balaban J connectivity index is 1.74. The molecule has 6 heteroatoms. The van der Waals surface area contributed by atoms with Crippen LogP contribution in [0.1, 0.15) is 30.3 Å². The van der Waals surface area contributed by atoms with E-state index in [9.17, 15) is 4.39 Å². The zero-order valence-electron chi connectivity index (χ0n) is 14.2. The molecule has 0 unspecified atom stereocenters. The summed E-state index contributed by atoms with van der Waals surface area (Å²) >= 11 is 0. The fourth-order valence-corrected chi connectivity index (χ4v) is 3.24. The molecule has 0 aliphatic carbocycles. The van der Waals surface area contributed by atoms with Crippen LogP contribution in [0.3, 0.4) is 0 Å². The molecular formula is C18H24FN3O2. The first-order valence-corrected chi connectivity index (χ1v) is 8.30. The van der Waals surface area contributed by atoms with E-state index in [-0.39, 0.29) is 17.6 Å². The number of ether oxygens (including phenoxy) is 2. The monoisotopic (exact) mass is 333 g/mol. The summed E-state index contributed by atoms with van der Waals surface area (Å²) in [5.74, 6) is 1.40. The molecule has 1 aliphatic heterocycles. The second-order valence-electron chi connectivity index (χ2n) is 6.17. The van der Waals surface area contributed by atoms with Crippen LogP contribution >= 0.6 is 0 Å². The van der Waals surface area contributed by atoms with Crippen molar-refractivity contribution in [3.63, 3.8) is 0 Å². The van der Waals surface area contributed by atoms with E-state index in [2.05, 4.69) is 10.3 Å². The number of halogens is 1. The molecule has 1 aromatic carbocycles. The van der Waals surface area contributed by atoms with E-state index < -0.39 is 0 Å². The number of aryl methyl sites for hydroxylation is 1. The summed E-state index contributed by atoms with van der Waals surface area (Å²) in [6, 6.07) is 5.19. The summed E-state index contributed by atoms with van der Waals surface area (Å²) in [6.07, 6.45) is 5.77. The number of hydrogen-bond acceptors (Lipinski definition) is 4. The normalized spacial score (nSPS) is 17.0. The molecule has 1 N–H and O–H groups in total. The predicted octanol–water partition coefficient (Wildman–Crippen LogP) is 2.83. The number of hydrogen-bond donors (Lipinski definition) is 1. The van der Waals surface area contributed by atoms with Crippen LogP contribution in [0.4, 0.5) is 4.39 Å². The van der Waals surface area contributed by atoms with Crippen LogP contribution in [0.15, 0.2) is 30.6 Å². The van der Waals surface area contributed by atoms with Crippen molar-refractivity contribution < 1.29 is 13.9 Å². The molecule has 1 fully saturated rings. The quantitative estimate of drug-likeness (QED) is 0.883. The molecule has 5 nitrogen and oxygen atoms in total. The molecule has 0 spiro atoms. The standard InChI is InChI=1S/C18H24FN3O2/c1-22-8-7-20-18(22)17(14-5-9-24-10-6-14)21-12-13-3-4-16(23-2)15(19)11-13/h3-4,7-8,11,14,17,21H,5-6,9-10,12H2,1-2H3/t17-/m1/s1. The molecule has 2 heterocycles. The first-order chi connectivity index (χ1) is 11.7. The molecule has 3 rings (SSSR count). The number of nitrogens with one attached hydrogen (secondary N) is 1. The van der Waals surface area contributed by atoms with Crippen molar-refractivity contribution in [2.45, 2.75) is 25.4 Å². The van der Waals surface area contributed by atoms with Crippen molar-refractivity contribution in [2.24, 2.45) is 13.0 Å². The van der Waals surface area contributed by atoms with Crippen molar-refractivity contribution in [3.05, 3.63) is 47.8 Å². The highest BCUT2D eigenvalue weighted by molar-refractivity contribution is 5.29. The van der Waals surface area contributed by atoms with Crippen molar-refractivity contribution in [3.8, 4) is 5.75 Å². The van der Waals surface area contributed by atoms with E-state index in [1.54, 1.807) is 6.07 Å². The molecule has 24 heavy (non-hydrogen) atoms. The molecule has 1 aliphatic rings. The first kappa shape index (κ1) is 16.9. The van der Waals surface area contributed by atoms with E-state index >= 15 is 0 Å². The maximum absolute atomic E-state index is 13.9. The van der Waals surface area contributed by atoms with Crippen LogP contribution in [-0.2, 0) is 18.3 Å². The number of rotatable bonds is 6. The van der Waals surface area contributed by atoms with Crippen LogP contribution in [0, 0.1) is 11.7 Å². The highest BCUT2D eigenvalue weighted by Gasteiger charge is 2.27. The number of aromatic nitrogens is 2. The van der Waals surface area contributed by atoms with Gasteiger partial charge >= 0.3 is 0 Å². The number of imidazole rings is 1. The maximum Gasteiger partial charge on any atom is 0.165 e. The van der Waals surface area contributed by atoms with Gasteiger partial charge in [0.2, 0.25) is 0 Å². The topological polar surface area (TPSA) is 48.3 Å². The van der Waals surface area contributed by atoms with E-state index in [0.29, 0.717) is 12.5 Å². The number of nitrogens with zero attached hydrogens (tertiary/aromatic N) is 2. The van der Waals surface area contributed by atoms with Gasteiger partial charge in [-0.25, -0.2) is 9.37 Å².